The molecule has 2 fully saturated rings. The first kappa shape index (κ1) is 22.0. The lowest BCUT2D eigenvalue weighted by Crippen LogP contribution is -2.53. The van der Waals surface area contributed by atoms with E-state index in [0.717, 1.165) is 11.1 Å². The van der Waals surface area contributed by atoms with E-state index in [9.17, 15) is 21.6 Å². The van der Waals surface area contributed by atoms with Gasteiger partial charge in [-0.25, -0.2) is 16.8 Å². The van der Waals surface area contributed by atoms with Gasteiger partial charge in [0.2, 0.25) is 15.9 Å². The second-order valence-electron chi connectivity index (χ2n) is 8.05. The Morgan fingerprint density at radius 2 is 1.39 bits per heavy atom. The van der Waals surface area contributed by atoms with Gasteiger partial charge in [-0.05, 0) is 17.5 Å². The summed E-state index contributed by atoms with van der Waals surface area (Å²) in [5.41, 5.74) is 1.79. The maximum Gasteiger partial charge on any atom is 0.234 e. The summed E-state index contributed by atoms with van der Waals surface area (Å²) in [4.78, 5) is 15.2. The summed E-state index contributed by atoms with van der Waals surface area (Å²) in [5, 5.41) is -0.874. The number of sulfone groups is 1. The number of piperazine rings is 1. The molecule has 2 saturated heterocycles. The molecule has 31 heavy (non-hydrogen) atoms. The molecular formula is C22H26N2O5S2. The molecule has 0 unspecified atom stereocenters. The van der Waals surface area contributed by atoms with Gasteiger partial charge < -0.3 is 4.90 Å². The van der Waals surface area contributed by atoms with E-state index in [1.165, 1.54) is 4.31 Å². The van der Waals surface area contributed by atoms with Gasteiger partial charge in [0.25, 0.3) is 0 Å². The van der Waals surface area contributed by atoms with Crippen molar-refractivity contribution in [3.05, 3.63) is 71.8 Å². The van der Waals surface area contributed by atoms with Crippen LogP contribution in [-0.4, -0.2) is 74.9 Å². The van der Waals surface area contributed by atoms with Crippen molar-refractivity contribution in [3.63, 3.8) is 0 Å². The van der Waals surface area contributed by atoms with Crippen molar-refractivity contribution in [1.82, 2.24) is 9.21 Å². The van der Waals surface area contributed by atoms with Gasteiger partial charge in [0.1, 0.15) is 0 Å². The SMILES string of the molecule is O=C(C(c1ccccc1)c1ccccc1)N1CCN(S(=O)(=O)[C@H]2CCS(=O)(=O)C2)CC1. The molecule has 0 aromatic heterocycles. The third-order valence-corrected chi connectivity index (χ3v) is 10.3. The van der Waals surface area contributed by atoms with Gasteiger partial charge in [-0.2, -0.15) is 4.31 Å². The van der Waals surface area contributed by atoms with E-state index in [0.29, 0.717) is 0 Å². The standard InChI is InChI=1S/C22H26N2O5S2/c25-22(21(18-7-3-1-4-8-18)19-9-5-2-6-10-19)23-12-14-24(15-13-23)31(28,29)20-11-16-30(26,27)17-20/h1-10,20-21H,11-17H2/t20-/m0/s1. The lowest BCUT2D eigenvalue weighted by Gasteiger charge is -2.37. The maximum absolute atomic E-state index is 13.5. The Morgan fingerprint density at radius 3 is 1.84 bits per heavy atom. The number of nitrogens with zero attached hydrogens (tertiary/aromatic N) is 2. The molecule has 2 aliphatic heterocycles. The highest BCUT2D eigenvalue weighted by molar-refractivity contribution is 7.95. The summed E-state index contributed by atoms with van der Waals surface area (Å²) in [5.74, 6) is -0.896. The van der Waals surface area contributed by atoms with Gasteiger partial charge in [-0.3, -0.25) is 4.79 Å². The van der Waals surface area contributed by atoms with Crippen LogP contribution in [0.5, 0.6) is 0 Å². The number of rotatable bonds is 5. The summed E-state index contributed by atoms with van der Waals surface area (Å²) in [6.45, 7) is 0.934. The lowest BCUT2D eigenvalue weighted by molar-refractivity contribution is -0.133. The zero-order valence-corrected chi connectivity index (χ0v) is 18.8. The molecule has 2 heterocycles. The van der Waals surface area contributed by atoms with Crippen LogP contribution in [0.4, 0.5) is 0 Å². The highest BCUT2D eigenvalue weighted by Crippen LogP contribution is 2.28. The van der Waals surface area contributed by atoms with E-state index in [4.69, 9.17) is 0 Å². The van der Waals surface area contributed by atoms with Crippen molar-refractivity contribution < 1.29 is 21.6 Å². The van der Waals surface area contributed by atoms with Crippen molar-refractivity contribution in [3.8, 4) is 0 Å². The predicted molar refractivity (Wildman–Crippen MR) is 119 cm³/mol. The Hall–Kier alpha value is -2.23. The van der Waals surface area contributed by atoms with Crippen LogP contribution < -0.4 is 0 Å². The summed E-state index contributed by atoms with van der Waals surface area (Å²) in [7, 11) is -6.97. The third kappa shape index (κ3) is 4.68. The highest BCUT2D eigenvalue weighted by Gasteiger charge is 2.42. The Kier molecular flexibility index (Phi) is 6.18. The molecule has 0 saturated carbocycles. The van der Waals surface area contributed by atoms with Gasteiger partial charge in [0.15, 0.2) is 9.84 Å². The molecule has 4 rings (SSSR count). The molecule has 0 N–H and O–H groups in total. The average molecular weight is 463 g/mol. The van der Waals surface area contributed by atoms with Crippen molar-refractivity contribution in [2.45, 2.75) is 17.6 Å². The monoisotopic (exact) mass is 462 g/mol. The number of carbonyl (C=O) groups excluding carboxylic acids is 1. The van der Waals surface area contributed by atoms with Crippen molar-refractivity contribution in [2.24, 2.45) is 0 Å². The van der Waals surface area contributed by atoms with Crippen molar-refractivity contribution in [1.29, 1.82) is 0 Å². The lowest BCUT2D eigenvalue weighted by atomic mass is 9.90. The molecule has 9 heteroatoms. The number of hydrogen-bond donors (Lipinski definition) is 0. The molecule has 1 amide bonds. The van der Waals surface area contributed by atoms with E-state index in [-0.39, 0.29) is 50.0 Å². The van der Waals surface area contributed by atoms with E-state index >= 15 is 0 Å². The zero-order valence-electron chi connectivity index (χ0n) is 17.1. The molecule has 1 atom stereocenters. The van der Waals surface area contributed by atoms with Crippen LogP contribution in [0, 0.1) is 0 Å². The van der Waals surface area contributed by atoms with Gasteiger partial charge in [0, 0.05) is 26.2 Å². The van der Waals surface area contributed by atoms with Crippen LogP contribution in [0.2, 0.25) is 0 Å². The second kappa shape index (κ2) is 8.72. The molecule has 0 radical (unpaired) electrons. The van der Waals surface area contributed by atoms with Gasteiger partial charge in [0.05, 0.1) is 22.7 Å². The molecule has 0 spiro atoms. The number of hydrogen-bond acceptors (Lipinski definition) is 5. The molecule has 0 bridgehead atoms. The van der Waals surface area contributed by atoms with E-state index < -0.39 is 31.0 Å². The first-order chi connectivity index (χ1) is 14.8. The van der Waals surface area contributed by atoms with Gasteiger partial charge in [-0.15, -0.1) is 0 Å². The van der Waals surface area contributed by atoms with Crippen LogP contribution in [-0.2, 0) is 24.7 Å². The topological polar surface area (TPSA) is 91.8 Å². The van der Waals surface area contributed by atoms with E-state index in [1.54, 1.807) is 4.90 Å². The Balaban J connectivity index is 1.49. The van der Waals surface area contributed by atoms with Gasteiger partial charge >= 0.3 is 0 Å². The van der Waals surface area contributed by atoms with E-state index in [1.807, 2.05) is 60.7 Å². The quantitative estimate of drug-likeness (QED) is 0.671. The van der Waals surface area contributed by atoms with Crippen LogP contribution in [0.3, 0.4) is 0 Å². The number of amides is 1. The largest absolute Gasteiger partial charge is 0.339 e. The average Bonchev–Trinajstić information content (AvgIpc) is 3.16. The third-order valence-electron chi connectivity index (χ3n) is 6.03. The fraction of sp³-hybridized carbons (Fsp3) is 0.409. The van der Waals surface area contributed by atoms with Crippen molar-refractivity contribution >= 4 is 25.8 Å². The highest BCUT2D eigenvalue weighted by atomic mass is 32.2. The zero-order chi connectivity index (χ0) is 22.1. The fourth-order valence-corrected chi connectivity index (χ4v) is 8.83. The Morgan fingerprint density at radius 1 is 0.871 bits per heavy atom. The predicted octanol–water partition coefficient (Wildman–Crippen LogP) is 1.48. The minimum atomic E-state index is -3.69. The summed E-state index contributed by atoms with van der Waals surface area (Å²) in [6.07, 6.45) is 0.147. The van der Waals surface area contributed by atoms with E-state index in [2.05, 4.69) is 0 Å². The summed E-state index contributed by atoms with van der Waals surface area (Å²) >= 11 is 0. The number of sulfonamides is 1. The minimum Gasteiger partial charge on any atom is -0.339 e. The second-order valence-corrected chi connectivity index (χ2v) is 12.5. The summed E-state index contributed by atoms with van der Waals surface area (Å²) in [6, 6.07) is 19.1. The van der Waals surface area contributed by atoms with Gasteiger partial charge in [-0.1, -0.05) is 60.7 Å². The normalized spacial score (nSPS) is 22.0. The van der Waals surface area contributed by atoms with Crippen LogP contribution in [0.15, 0.2) is 60.7 Å². The molecule has 166 valence electrons. The number of carbonyl (C=O) groups is 1. The molecule has 2 aromatic rings. The van der Waals surface area contributed by atoms with Crippen LogP contribution in [0.1, 0.15) is 23.5 Å². The number of benzene rings is 2. The molecule has 0 aliphatic carbocycles. The maximum atomic E-state index is 13.5. The first-order valence-corrected chi connectivity index (χ1v) is 13.7. The Bertz CT molecular complexity index is 1090. The molecule has 2 aliphatic rings. The smallest absolute Gasteiger partial charge is 0.234 e. The Labute approximate surface area is 183 Å². The molecule has 2 aromatic carbocycles. The van der Waals surface area contributed by atoms with Crippen molar-refractivity contribution in [2.75, 3.05) is 37.7 Å². The molecule has 7 nitrogen and oxygen atoms in total. The molecular weight excluding hydrogens is 436 g/mol. The summed E-state index contributed by atoms with van der Waals surface area (Å²) < 4.78 is 50.6. The fourth-order valence-electron chi connectivity index (χ4n) is 4.32. The van der Waals surface area contributed by atoms with Crippen LogP contribution in [0.25, 0.3) is 0 Å². The minimum absolute atomic E-state index is 0.0575. The van der Waals surface area contributed by atoms with Crippen LogP contribution >= 0.6 is 0 Å². The first-order valence-electron chi connectivity index (χ1n) is 10.4.